The number of carboxylic acid groups (broad SMARTS) is 1. The van der Waals surface area contributed by atoms with E-state index in [0.29, 0.717) is 12.2 Å². The summed E-state index contributed by atoms with van der Waals surface area (Å²) in [6.07, 6.45) is 7.35. The van der Waals surface area contributed by atoms with Crippen LogP contribution in [0.5, 0.6) is 0 Å². The molecule has 84 valence electrons. The van der Waals surface area contributed by atoms with Gasteiger partial charge in [-0.15, -0.1) is 6.42 Å². The lowest BCUT2D eigenvalue weighted by molar-refractivity contribution is -0.138. The molecule has 0 radical (unpaired) electrons. The van der Waals surface area contributed by atoms with E-state index in [0.717, 1.165) is 0 Å². The summed E-state index contributed by atoms with van der Waals surface area (Å²) in [6, 6.07) is 0. The van der Waals surface area contributed by atoms with Gasteiger partial charge >= 0.3 is 5.97 Å². The molecule has 4 N–H and O–H groups in total. The van der Waals surface area contributed by atoms with Crippen molar-refractivity contribution in [2.75, 3.05) is 18.6 Å². The molecular formula is C9H14N2O3S. The van der Waals surface area contributed by atoms with Gasteiger partial charge in [-0.3, -0.25) is 9.59 Å². The molecule has 1 unspecified atom stereocenters. The summed E-state index contributed by atoms with van der Waals surface area (Å²) < 4.78 is 0. The maximum Gasteiger partial charge on any atom is 0.322 e. The predicted molar refractivity (Wildman–Crippen MR) is 59.4 cm³/mol. The summed E-state index contributed by atoms with van der Waals surface area (Å²) in [4.78, 5) is 21.7. The zero-order valence-electron chi connectivity index (χ0n) is 8.45. The minimum atomic E-state index is -1.42. The molecule has 0 aliphatic rings. The topological polar surface area (TPSA) is 92.4 Å². The zero-order chi connectivity index (χ0) is 11.9. The number of terminal acetylenes is 1. The zero-order valence-corrected chi connectivity index (χ0v) is 9.26. The van der Waals surface area contributed by atoms with Crippen LogP contribution in [0.4, 0.5) is 0 Å². The monoisotopic (exact) mass is 230 g/mol. The molecule has 0 fully saturated rings. The van der Waals surface area contributed by atoms with Gasteiger partial charge in [0.2, 0.25) is 0 Å². The summed E-state index contributed by atoms with van der Waals surface area (Å²) in [6.45, 7) is -0.473. The fraction of sp³-hybridized carbons (Fsp3) is 0.556. The molecule has 1 atom stereocenters. The van der Waals surface area contributed by atoms with Crippen molar-refractivity contribution < 1.29 is 14.7 Å². The Balaban J connectivity index is 4.32. The summed E-state index contributed by atoms with van der Waals surface area (Å²) in [5, 5.41) is 10.5. The SMILES string of the molecule is C#CC(N)(CCSC)C(=O)NCC(=O)O. The van der Waals surface area contributed by atoms with Crippen molar-refractivity contribution in [3.63, 3.8) is 0 Å². The highest BCUT2D eigenvalue weighted by atomic mass is 32.2. The summed E-state index contributed by atoms with van der Waals surface area (Å²) in [5.41, 5.74) is 4.24. The van der Waals surface area contributed by atoms with E-state index in [-0.39, 0.29) is 0 Å². The molecule has 0 aliphatic heterocycles. The van der Waals surface area contributed by atoms with Crippen molar-refractivity contribution in [2.24, 2.45) is 5.73 Å². The van der Waals surface area contributed by atoms with Crippen LogP contribution in [0.1, 0.15) is 6.42 Å². The first-order valence-corrected chi connectivity index (χ1v) is 5.61. The van der Waals surface area contributed by atoms with Crippen molar-refractivity contribution in [1.82, 2.24) is 5.32 Å². The van der Waals surface area contributed by atoms with Gasteiger partial charge in [0.05, 0.1) is 0 Å². The number of carbonyl (C=O) groups excluding carboxylic acids is 1. The predicted octanol–water partition coefficient (Wildman–Crippen LogP) is -0.729. The van der Waals surface area contributed by atoms with Gasteiger partial charge in [0.1, 0.15) is 6.54 Å². The molecule has 0 heterocycles. The highest BCUT2D eigenvalue weighted by Gasteiger charge is 2.31. The van der Waals surface area contributed by atoms with E-state index in [1.165, 1.54) is 11.8 Å². The van der Waals surface area contributed by atoms with Gasteiger partial charge in [-0.05, 0) is 18.4 Å². The minimum absolute atomic E-state index is 0.316. The Kier molecular flexibility index (Phi) is 5.82. The van der Waals surface area contributed by atoms with E-state index in [2.05, 4.69) is 11.2 Å². The van der Waals surface area contributed by atoms with Crippen LogP contribution in [-0.4, -0.2) is 41.1 Å². The van der Waals surface area contributed by atoms with E-state index in [9.17, 15) is 9.59 Å². The molecule has 0 rings (SSSR count). The van der Waals surface area contributed by atoms with Gasteiger partial charge in [-0.1, -0.05) is 5.92 Å². The fourth-order valence-electron chi connectivity index (χ4n) is 0.828. The molecule has 0 saturated carbocycles. The van der Waals surface area contributed by atoms with E-state index < -0.39 is 24.0 Å². The quantitative estimate of drug-likeness (QED) is 0.523. The molecular weight excluding hydrogens is 216 g/mol. The Morgan fingerprint density at radius 3 is 2.67 bits per heavy atom. The highest BCUT2D eigenvalue weighted by molar-refractivity contribution is 7.98. The highest BCUT2D eigenvalue weighted by Crippen LogP contribution is 2.09. The molecule has 0 aromatic heterocycles. The van der Waals surface area contributed by atoms with Gasteiger partial charge in [0.25, 0.3) is 5.91 Å². The number of hydrogen-bond donors (Lipinski definition) is 3. The van der Waals surface area contributed by atoms with Crippen LogP contribution in [-0.2, 0) is 9.59 Å². The second-order valence-corrected chi connectivity index (χ2v) is 3.92. The van der Waals surface area contributed by atoms with Gasteiger partial charge in [-0.25, -0.2) is 0 Å². The first-order valence-electron chi connectivity index (χ1n) is 4.22. The number of rotatable bonds is 6. The molecule has 0 aromatic rings. The maximum absolute atomic E-state index is 11.5. The van der Waals surface area contributed by atoms with Crippen molar-refractivity contribution in [2.45, 2.75) is 12.0 Å². The molecule has 0 aromatic carbocycles. The van der Waals surface area contributed by atoms with E-state index in [1.54, 1.807) is 0 Å². The standard InChI is InChI=1S/C9H14N2O3S/c1-3-9(10,4-5-15-2)8(14)11-6-7(12)13/h1H,4-6,10H2,2H3,(H,11,14)(H,12,13). The Morgan fingerprint density at radius 2 is 2.27 bits per heavy atom. The molecule has 6 heteroatoms. The number of hydrogen-bond acceptors (Lipinski definition) is 4. The lowest BCUT2D eigenvalue weighted by Crippen LogP contribution is -2.54. The van der Waals surface area contributed by atoms with Crippen LogP contribution < -0.4 is 11.1 Å². The largest absolute Gasteiger partial charge is 0.480 e. The normalized spacial score (nSPS) is 13.7. The number of carbonyl (C=O) groups is 2. The molecule has 15 heavy (non-hydrogen) atoms. The van der Waals surface area contributed by atoms with Gasteiger partial charge in [-0.2, -0.15) is 11.8 Å². The number of carboxylic acids is 1. The van der Waals surface area contributed by atoms with Gasteiger partial charge in [0.15, 0.2) is 5.54 Å². The molecule has 0 bridgehead atoms. The van der Waals surface area contributed by atoms with Crippen LogP contribution in [0.25, 0.3) is 0 Å². The molecule has 0 aliphatic carbocycles. The van der Waals surface area contributed by atoms with Crippen molar-refractivity contribution in [3.05, 3.63) is 0 Å². The first-order chi connectivity index (χ1) is 6.96. The third kappa shape index (κ3) is 4.72. The molecule has 0 saturated heterocycles. The second kappa shape index (κ2) is 6.32. The fourth-order valence-corrected chi connectivity index (χ4v) is 1.35. The van der Waals surface area contributed by atoms with Crippen molar-refractivity contribution >= 4 is 23.6 Å². The summed E-state index contributed by atoms with van der Waals surface area (Å²) in [5.74, 6) is 1.08. The van der Waals surface area contributed by atoms with Crippen LogP contribution in [0.2, 0.25) is 0 Å². The van der Waals surface area contributed by atoms with Crippen LogP contribution in [0.15, 0.2) is 0 Å². The smallest absolute Gasteiger partial charge is 0.322 e. The average Bonchev–Trinajstić information content (AvgIpc) is 2.22. The lowest BCUT2D eigenvalue weighted by Gasteiger charge is -2.21. The number of aliphatic carboxylic acids is 1. The second-order valence-electron chi connectivity index (χ2n) is 2.93. The third-order valence-corrected chi connectivity index (χ3v) is 2.38. The lowest BCUT2D eigenvalue weighted by atomic mass is 9.98. The third-order valence-electron chi connectivity index (χ3n) is 1.76. The Morgan fingerprint density at radius 1 is 1.67 bits per heavy atom. The van der Waals surface area contributed by atoms with Crippen LogP contribution in [0, 0.1) is 12.3 Å². The van der Waals surface area contributed by atoms with E-state index in [4.69, 9.17) is 17.3 Å². The molecule has 0 spiro atoms. The van der Waals surface area contributed by atoms with Crippen LogP contribution >= 0.6 is 11.8 Å². The Labute approximate surface area is 92.8 Å². The summed E-state index contributed by atoms with van der Waals surface area (Å²) in [7, 11) is 0. The minimum Gasteiger partial charge on any atom is -0.480 e. The van der Waals surface area contributed by atoms with Gasteiger partial charge in [0, 0.05) is 0 Å². The van der Waals surface area contributed by atoms with Gasteiger partial charge < -0.3 is 16.2 Å². The van der Waals surface area contributed by atoms with E-state index >= 15 is 0 Å². The average molecular weight is 230 g/mol. The first kappa shape index (κ1) is 13.8. The molecule has 5 nitrogen and oxygen atoms in total. The number of nitrogens with one attached hydrogen (secondary N) is 1. The van der Waals surface area contributed by atoms with Crippen molar-refractivity contribution in [1.29, 1.82) is 0 Å². The maximum atomic E-state index is 11.5. The Bertz CT molecular complexity index is 288. The Hall–Kier alpha value is -1.19. The molecule has 1 amide bonds. The number of nitrogens with two attached hydrogens (primary N) is 1. The number of amides is 1. The van der Waals surface area contributed by atoms with Crippen molar-refractivity contribution in [3.8, 4) is 12.3 Å². The van der Waals surface area contributed by atoms with Crippen LogP contribution in [0.3, 0.4) is 0 Å². The van der Waals surface area contributed by atoms with E-state index in [1.807, 2.05) is 6.26 Å². The number of thioether (sulfide) groups is 1. The summed E-state index contributed by atoms with van der Waals surface area (Å²) >= 11 is 1.51.